The summed E-state index contributed by atoms with van der Waals surface area (Å²) in [5, 5.41) is 0.684. The van der Waals surface area contributed by atoms with Gasteiger partial charge in [0, 0.05) is 11.4 Å². The summed E-state index contributed by atoms with van der Waals surface area (Å²) < 4.78 is 4.86. The molecule has 0 bridgehead atoms. The predicted octanol–water partition coefficient (Wildman–Crippen LogP) is 2.14. The average molecular weight is 221 g/mol. The van der Waals surface area contributed by atoms with Crippen LogP contribution >= 0.6 is 15.9 Å². The van der Waals surface area contributed by atoms with Crippen LogP contribution in [0.1, 0.15) is 13.8 Å². The fraction of sp³-hybridized carbons (Fsp3) is 0.625. The minimum absolute atomic E-state index is 0.266. The molecule has 0 aliphatic rings. The molecule has 0 radical (unpaired) electrons. The molecular formula is C8H13BrO2. The Morgan fingerprint density at radius 2 is 2.27 bits per heavy atom. The van der Waals surface area contributed by atoms with Crippen molar-refractivity contribution < 1.29 is 9.53 Å². The van der Waals surface area contributed by atoms with Crippen LogP contribution in [0.5, 0.6) is 0 Å². The summed E-state index contributed by atoms with van der Waals surface area (Å²) in [4.78, 5) is 10.8. The SMILES string of the molecule is CC(C)COC(=O)C=CCBr. The van der Waals surface area contributed by atoms with Crippen molar-refractivity contribution in [3.05, 3.63) is 12.2 Å². The van der Waals surface area contributed by atoms with Crippen LogP contribution < -0.4 is 0 Å². The molecule has 0 aliphatic carbocycles. The highest BCUT2D eigenvalue weighted by Crippen LogP contribution is 1.93. The van der Waals surface area contributed by atoms with Crippen molar-refractivity contribution in [2.75, 3.05) is 11.9 Å². The van der Waals surface area contributed by atoms with E-state index in [1.807, 2.05) is 13.8 Å². The molecule has 3 heteroatoms. The molecule has 0 amide bonds. The Morgan fingerprint density at radius 1 is 1.64 bits per heavy atom. The lowest BCUT2D eigenvalue weighted by Crippen LogP contribution is -2.07. The summed E-state index contributed by atoms with van der Waals surface area (Å²) in [6.07, 6.45) is 3.14. The summed E-state index contributed by atoms with van der Waals surface area (Å²) in [5.41, 5.74) is 0. The van der Waals surface area contributed by atoms with Gasteiger partial charge in [-0.3, -0.25) is 0 Å². The normalized spacial score (nSPS) is 10.9. The number of esters is 1. The number of allylic oxidation sites excluding steroid dienone is 1. The zero-order valence-corrected chi connectivity index (χ0v) is 8.43. The van der Waals surface area contributed by atoms with Crippen LogP contribution in [0.4, 0.5) is 0 Å². The maximum absolute atomic E-state index is 10.8. The van der Waals surface area contributed by atoms with Crippen LogP contribution in [0.25, 0.3) is 0 Å². The Kier molecular flexibility index (Phi) is 6.22. The van der Waals surface area contributed by atoms with E-state index in [0.29, 0.717) is 17.9 Å². The minimum Gasteiger partial charge on any atom is -0.462 e. The minimum atomic E-state index is -0.266. The molecule has 0 unspecified atom stereocenters. The summed E-state index contributed by atoms with van der Waals surface area (Å²) in [7, 11) is 0. The van der Waals surface area contributed by atoms with Gasteiger partial charge >= 0.3 is 5.97 Å². The molecule has 0 aliphatic heterocycles. The van der Waals surface area contributed by atoms with E-state index in [1.165, 1.54) is 6.08 Å². The molecule has 0 aromatic carbocycles. The molecule has 0 rings (SSSR count). The highest BCUT2D eigenvalue weighted by atomic mass is 79.9. The third-order valence-electron chi connectivity index (χ3n) is 0.902. The quantitative estimate of drug-likeness (QED) is 0.413. The van der Waals surface area contributed by atoms with E-state index in [-0.39, 0.29) is 5.97 Å². The second-order valence-electron chi connectivity index (χ2n) is 2.58. The van der Waals surface area contributed by atoms with E-state index in [9.17, 15) is 4.79 Å². The van der Waals surface area contributed by atoms with Gasteiger partial charge in [0.05, 0.1) is 6.61 Å². The van der Waals surface area contributed by atoms with Gasteiger partial charge in [0.15, 0.2) is 0 Å². The molecular weight excluding hydrogens is 208 g/mol. The van der Waals surface area contributed by atoms with E-state index in [2.05, 4.69) is 15.9 Å². The van der Waals surface area contributed by atoms with Crippen LogP contribution in [0.3, 0.4) is 0 Å². The molecule has 0 saturated heterocycles. The van der Waals surface area contributed by atoms with Crippen molar-refractivity contribution in [3.63, 3.8) is 0 Å². The fourth-order valence-electron chi connectivity index (χ4n) is 0.438. The first-order valence-electron chi connectivity index (χ1n) is 3.56. The molecule has 0 fully saturated rings. The average Bonchev–Trinajstić information content (AvgIpc) is 1.97. The van der Waals surface area contributed by atoms with Gasteiger partial charge in [-0.15, -0.1) is 0 Å². The Bertz CT molecular complexity index is 141. The van der Waals surface area contributed by atoms with Crippen molar-refractivity contribution in [1.82, 2.24) is 0 Å². The number of alkyl halides is 1. The van der Waals surface area contributed by atoms with Gasteiger partial charge < -0.3 is 4.74 Å². The van der Waals surface area contributed by atoms with Gasteiger partial charge in [-0.1, -0.05) is 35.9 Å². The number of halogens is 1. The molecule has 0 saturated carbocycles. The highest BCUT2D eigenvalue weighted by molar-refractivity contribution is 9.09. The van der Waals surface area contributed by atoms with Gasteiger partial charge in [-0.05, 0) is 5.92 Å². The van der Waals surface area contributed by atoms with Gasteiger partial charge in [0.2, 0.25) is 0 Å². The molecule has 0 spiro atoms. The van der Waals surface area contributed by atoms with E-state index in [0.717, 1.165) is 0 Å². The summed E-state index contributed by atoms with van der Waals surface area (Å²) >= 11 is 3.16. The first-order valence-corrected chi connectivity index (χ1v) is 4.68. The monoisotopic (exact) mass is 220 g/mol. The van der Waals surface area contributed by atoms with Crippen LogP contribution in [-0.2, 0) is 9.53 Å². The van der Waals surface area contributed by atoms with Gasteiger partial charge in [-0.25, -0.2) is 4.79 Å². The fourth-order valence-corrected chi connectivity index (χ4v) is 0.625. The Balaban J connectivity index is 3.45. The zero-order chi connectivity index (χ0) is 8.69. The molecule has 0 N–H and O–H groups in total. The largest absolute Gasteiger partial charge is 0.462 e. The van der Waals surface area contributed by atoms with Gasteiger partial charge in [-0.2, -0.15) is 0 Å². The number of carbonyl (C=O) groups excluding carboxylic acids is 1. The van der Waals surface area contributed by atoms with Crippen LogP contribution in [0, 0.1) is 5.92 Å². The first kappa shape index (κ1) is 10.7. The van der Waals surface area contributed by atoms with Crippen molar-refractivity contribution in [3.8, 4) is 0 Å². The van der Waals surface area contributed by atoms with E-state index >= 15 is 0 Å². The lowest BCUT2D eigenvalue weighted by molar-refractivity contribution is -0.138. The molecule has 11 heavy (non-hydrogen) atoms. The van der Waals surface area contributed by atoms with E-state index in [4.69, 9.17) is 4.74 Å². The van der Waals surface area contributed by atoms with E-state index in [1.54, 1.807) is 6.08 Å². The molecule has 64 valence electrons. The number of hydrogen-bond donors (Lipinski definition) is 0. The standard InChI is InChI=1S/C8H13BrO2/c1-7(2)6-11-8(10)4-3-5-9/h3-4,7H,5-6H2,1-2H3. The predicted molar refractivity (Wildman–Crippen MR) is 48.7 cm³/mol. The van der Waals surface area contributed by atoms with Crippen molar-refractivity contribution >= 4 is 21.9 Å². The van der Waals surface area contributed by atoms with Crippen LogP contribution in [-0.4, -0.2) is 17.9 Å². The smallest absolute Gasteiger partial charge is 0.330 e. The lowest BCUT2D eigenvalue weighted by atomic mass is 10.2. The van der Waals surface area contributed by atoms with Gasteiger partial charge in [0.25, 0.3) is 0 Å². The Labute approximate surface area is 75.7 Å². The third kappa shape index (κ3) is 7.59. The molecule has 0 aromatic rings. The van der Waals surface area contributed by atoms with Crippen molar-refractivity contribution in [1.29, 1.82) is 0 Å². The summed E-state index contributed by atoms with van der Waals surface area (Å²) in [6, 6.07) is 0. The second-order valence-corrected chi connectivity index (χ2v) is 3.23. The van der Waals surface area contributed by atoms with Gasteiger partial charge in [0.1, 0.15) is 0 Å². The maximum Gasteiger partial charge on any atom is 0.330 e. The Morgan fingerprint density at radius 3 is 2.73 bits per heavy atom. The van der Waals surface area contributed by atoms with Crippen LogP contribution in [0.2, 0.25) is 0 Å². The molecule has 0 heterocycles. The zero-order valence-electron chi connectivity index (χ0n) is 6.84. The van der Waals surface area contributed by atoms with Crippen molar-refractivity contribution in [2.45, 2.75) is 13.8 Å². The molecule has 0 atom stereocenters. The van der Waals surface area contributed by atoms with E-state index < -0.39 is 0 Å². The molecule has 0 aromatic heterocycles. The summed E-state index contributed by atoms with van der Waals surface area (Å²) in [5.74, 6) is 0.134. The number of rotatable bonds is 4. The number of ether oxygens (including phenoxy) is 1. The van der Waals surface area contributed by atoms with Crippen molar-refractivity contribution in [2.24, 2.45) is 5.92 Å². The Hall–Kier alpha value is -0.310. The number of hydrogen-bond acceptors (Lipinski definition) is 2. The first-order chi connectivity index (χ1) is 5.16. The topological polar surface area (TPSA) is 26.3 Å². The second kappa shape index (κ2) is 6.40. The third-order valence-corrected chi connectivity index (χ3v) is 1.28. The summed E-state index contributed by atoms with van der Waals surface area (Å²) in [6.45, 7) is 4.49. The number of carbonyl (C=O) groups is 1. The lowest BCUT2D eigenvalue weighted by Gasteiger charge is -2.03. The van der Waals surface area contributed by atoms with Crippen LogP contribution in [0.15, 0.2) is 12.2 Å². The molecule has 2 nitrogen and oxygen atoms in total. The maximum atomic E-state index is 10.8. The highest BCUT2D eigenvalue weighted by Gasteiger charge is 1.97.